The number of nitrogens with two attached hydrogens (primary N) is 1. The topological polar surface area (TPSA) is 115 Å². The van der Waals surface area contributed by atoms with E-state index in [9.17, 15) is 15.4 Å². The van der Waals surface area contributed by atoms with E-state index in [0.717, 1.165) is 0 Å². The molecular formula is C25H18Cl2N4O4. The van der Waals surface area contributed by atoms with Crippen molar-refractivity contribution in [1.82, 2.24) is 0 Å². The molecule has 35 heavy (non-hydrogen) atoms. The number of rotatable bonds is 7. The highest BCUT2D eigenvalue weighted by atomic mass is 35.5. The van der Waals surface area contributed by atoms with Gasteiger partial charge in [0.2, 0.25) is 6.79 Å². The number of allylic oxidation sites excluding steroid dienone is 1. The molecule has 1 aliphatic rings. The number of hydrogen-bond donors (Lipinski definition) is 1. The number of fused-ring (bicyclic) bond motifs is 1. The molecule has 0 unspecified atom stereocenters. The lowest BCUT2D eigenvalue weighted by Gasteiger charge is -2.28. The number of ether oxygens (including phenoxy) is 2. The highest BCUT2D eigenvalue weighted by Gasteiger charge is 2.24. The number of hydrogen-bond acceptors (Lipinski definition) is 7. The Kier molecular flexibility index (Phi) is 6.82. The molecule has 0 saturated carbocycles. The van der Waals surface area contributed by atoms with Crippen LogP contribution in [0.4, 0.5) is 17.1 Å². The average Bonchev–Trinajstić information content (AvgIpc) is 3.29. The van der Waals surface area contributed by atoms with Gasteiger partial charge < -0.3 is 20.1 Å². The second kappa shape index (κ2) is 9.97. The van der Waals surface area contributed by atoms with Gasteiger partial charge in [0.05, 0.1) is 39.2 Å². The molecule has 0 atom stereocenters. The Bertz CT molecular complexity index is 1420. The summed E-state index contributed by atoms with van der Waals surface area (Å²) in [4.78, 5) is 12.9. The molecule has 0 amide bonds. The van der Waals surface area contributed by atoms with Gasteiger partial charge in [0.15, 0.2) is 11.5 Å². The van der Waals surface area contributed by atoms with Gasteiger partial charge in [-0.25, -0.2) is 0 Å². The van der Waals surface area contributed by atoms with Crippen LogP contribution in [0.5, 0.6) is 11.5 Å². The third kappa shape index (κ3) is 5.01. The number of nitrogen functional groups attached to an aromatic ring is 1. The Morgan fingerprint density at radius 3 is 2.57 bits per heavy atom. The second-order valence-corrected chi connectivity index (χ2v) is 8.36. The Morgan fingerprint density at radius 1 is 1.20 bits per heavy atom. The maximum absolute atomic E-state index is 11.7. The Hall–Kier alpha value is -4.19. The van der Waals surface area contributed by atoms with Gasteiger partial charge in [-0.2, -0.15) is 5.26 Å². The number of nitro groups is 1. The molecule has 1 heterocycles. The number of anilines is 2. The largest absolute Gasteiger partial charge is 0.454 e. The zero-order valence-electron chi connectivity index (χ0n) is 18.2. The van der Waals surface area contributed by atoms with Gasteiger partial charge in [0, 0.05) is 16.6 Å². The predicted molar refractivity (Wildman–Crippen MR) is 135 cm³/mol. The summed E-state index contributed by atoms with van der Waals surface area (Å²) in [6.45, 7) is 4.29. The van der Waals surface area contributed by atoms with Crippen molar-refractivity contribution < 1.29 is 14.4 Å². The Balaban J connectivity index is 1.80. The minimum absolute atomic E-state index is 0.0413. The smallest absolute Gasteiger partial charge is 0.280 e. The summed E-state index contributed by atoms with van der Waals surface area (Å²) < 4.78 is 10.6. The maximum Gasteiger partial charge on any atom is 0.280 e. The van der Waals surface area contributed by atoms with Crippen molar-refractivity contribution in [3.05, 3.63) is 104 Å². The van der Waals surface area contributed by atoms with Crippen LogP contribution in [0, 0.1) is 21.4 Å². The third-order valence-electron chi connectivity index (χ3n) is 5.35. The Labute approximate surface area is 211 Å². The van der Waals surface area contributed by atoms with Crippen LogP contribution in [-0.2, 0) is 6.54 Å². The molecule has 0 fully saturated rings. The van der Waals surface area contributed by atoms with E-state index < -0.39 is 4.92 Å². The molecular weight excluding hydrogens is 491 g/mol. The average molecular weight is 509 g/mol. The van der Waals surface area contributed by atoms with E-state index in [1.807, 2.05) is 0 Å². The van der Waals surface area contributed by atoms with Crippen LogP contribution in [0.2, 0.25) is 10.0 Å². The number of para-hydroxylation sites is 2. The van der Waals surface area contributed by atoms with E-state index >= 15 is 0 Å². The molecule has 2 N–H and O–H groups in total. The van der Waals surface area contributed by atoms with Crippen LogP contribution in [0.15, 0.2) is 72.4 Å². The molecule has 0 aliphatic carbocycles. The SMILES string of the molecule is C=C(/C(C#N)=C/c1cc2c(cc1[N+](=O)[O-])OCO2)N(Cc1ccc(Cl)cc1Cl)c1ccccc1N. The summed E-state index contributed by atoms with van der Waals surface area (Å²) in [6, 6.07) is 17.0. The van der Waals surface area contributed by atoms with E-state index in [0.29, 0.717) is 32.7 Å². The molecule has 0 saturated heterocycles. The summed E-state index contributed by atoms with van der Waals surface area (Å²) in [5, 5.41) is 22.6. The zero-order chi connectivity index (χ0) is 25.1. The molecule has 10 heteroatoms. The first-order chi connectivity index (χ1) is 16.8. The van der Waals surface area contributed by atoms with Gasteiger partial charge >= 0.3 is 0 Å². The normalized spacial score (nSPS) is 12.2. The van der Waals surface area contributed by atoms with E-state index in [-0.39, 0.29) is 41.6 Å². The standard InChI is InChI=1S/C25H18Cl2N4O4/c1-15(18(12-28)8-17-9-24-25(35-14-34-24)11-23(17)31(32)33)30(22-5-3-2-4-21(22)29)13-16-6-7-19(26)10-20(16)27/h2-11H,1,13-14,29H2/b18-8+. The fourth-order valence-electron chi connectivity index (χ4n) is 3.58. The van der Waals surface area contributed by atoms with Crippen molar-refractivity contribution in [2.75, 3.05) is 17.4 Å². The monoisotopic (exact) mass is 508 g/mol. The van der Waals surface area contributed by atoms with Crippen molar-refractivity contribution in [3.63, 3.8) is 0 Å². The summed E-state index contributed by atoms with van der Waals surface area (Å²) in [6.07, 6.45) is 1.39. The van der Waals surface area contributed by atoms with E-state index in [1.165, 1.54) is 18.2 Å². The molecule has 176 valence electrons. The predicted octanol–water partition coefficient (Wildman–Crippen LogP) is 6.34. The lowest BCUT2D eigenvalue weighted by atomic mass is 10.0. The van der Waals surface area contributed by atoms with Gasteiger partial charge in [-0.15, -0.1) is 0 Å². The molecule has 3 aromatic carbocycles. The highest BCUT2D eigenvalue weighted by Crippen LogP contribution is 2.40. The summed E-state index contributed by atoms with van der Waals surface area (Å²) in [5.74, 6) is 0.615. The van der Waals surface area contributed by atoms with Gasteiger partial charge in [-0.3, -0.25) is 10.1 Å². The summed E-state index contributed by atoms with van der Waals surface area (Å²) >= 11 is 12.4. The third-order valence-corrected chi connectivity index (χ3v) is 5.93. The maximum atomic E-state index is 11.7. The van der Waals surface area contributed by atoms with Crippen LogP contribution in [0.25, 0.3) is 6.08 Å². The number of nitro benzene ring substituents is 1. The van der Waals surface area contributed by atoms with Crippen LogP contribution < -0.4 is 20.1 Å². The van der Waals surface area contributed by atoms with E-state index in [2.05, 4.69) is 12.6 Å². The molecule has 0 aromatic heterocycles. The van der Waals surface area contributed by atoms with E-state index in [1.54, 1.807) is 47.4 Å². The molecule has 0 spiro atoms. The zero-order valence-corrected chi connectivity index (χ0v) is 19.7. The van der Waals surface area contributed by atoms with Crippen LogP contribution in [0.1, 0.15) is 11.1 Å². The van der Waals surface area contributed by atoms with Crippen molar-refractivity contribution in [2.24, 2.45) is 0 Å². The molecule has 1 aliphatic heterocycles. The lowest BCUT2D eigenvalue weighted by molar-refractivity contribution is -0.385. The van der Waals surface area contributed by atoms with Gasteiger partial charge in [0.1, 0.15) is 6.07 Å². The molecule has 3 aromatic rings. The van der Waals surface area contributed by atoms with Gasteiger partial charge in [-0.1, -0.05) is 48.0 Å². The molecule has 0 radical (unpaired) electrons. The summed E-state index contributed by atoms with van der Waals surface area (Å²) in [7, 11) is 0. The quantitative estimate of drug-likeness (QED) is 0.130. The molecule has 8 nitrogen and oxygen atoms in total. The van der Waals surface area contributed by atoms with E-state index in [4.69, 9.17) is 38.4 Å². The lowest BCUT2D eigenvalue weighted by Crippen LogP contribution is -2.23. The minimum Gasteiger partial charge on any atom is -0.454 e. The number of nitrogens with zero attached hydrogens (tertiary/aromatic N) is 3. The first-order valence-electron chi connectivity index (χ1n) is 10.2. The minimum atomic E-state index is -0.550. The van der Waals surface area contributed by atoms with Crippen molar-refractivity contribution in [2.45, 2.75) is 6.54 Å². The number of nitriles is 1. The van der Waals surface area contributed by atoms with Crippen molar-refractivity contribution in [3.8, 4) is 17.6 Å². The first kappa shape index (κ1) is 24.0. The fourth-order valence-corrected chi connectivity index (χ4v) is 4.05. The molecule has 0 bridgehead atoms. The highest BCUT2D eigenvalue weighted by molar-refractivity contribution is 6.35. The number of halogens is 2. The second-order valence-electron chi connectivity index (χ2n) is 7.52. The first-order valence-corrected chi connectivity index (χ1v) is 11.0. The van der Waals surface area contributed by atoms with Crippen LogP contribution in [0.3, 0.4) is 0 Å². The number of benzene rings is 3. The van der Waals surface area contributed by atoms with Gasteiger partial charge in [0.25, 0.3) is 5.69 Å². The van der Waals surface area contributed by atoms with Gasteiger partial charge in [-0.05, 0) is 42.0 Å². The fraction of sp³-hybridized carbons (Fsp3) is 0.0800. The van der Waals surface area contributed by atoms with Crippen LogP contribution in [-0.4, -0.2) is 11.7 Å². The Morgan fingerprint density at radius 2 is 1.91 bits per heavy atom. The molecule has 4 rings (SSSR count). The van der Waals surface area contributed by atoms with Crippen molar-refractivity contribution in [1.29, 1.82) is 5.26 Å². The van der Waals surface area contributed by atoms with Crippen LogP contribution >= 0.6 is 23.2 Å². The van der Waals surface area contributed by atoms with Crippen molar-refractivity contribution >= 4 is 46.3 Å². The summed E-state index contributed by atoms with van der Waals surface area (Å²) in [5.41, 5.74) is 8.27.